The lowest BCUT2D eigenvalue weighted by atomic mass is 10.0. The van der Waals surface area contributed by atoms with Gasteiger partial charge in [-0.1, -0.05) is 24.3 Å². The zero-order chi connectivity index (χ0) is 26.4. The van der Waals surface area contributed by atoms with Crippen molar-refractivity contribution in [1.82, 2.24) is 19.3 Å². The second-order valence-corrected chi connectivity index (χ2v) is 11.8. The zero-order valence-electron chi connectivity index (χ0n) is 20.8. The third kappa shape index (κ3) is 4.70. The Balaban J connectivity index is 1.65. The summed E-state index contributed by atoms with van der Waals surface area (Å²) in [7, 11) is -3.98. The summed E-state index contributed by atoms with van der Waals surface area (Å²) >= 11 is 0. The van der Waals surface area contributed by atoms with Crippen molar-refractivity contribution in [3.63, 3.8) is 0 Å². The summed E-state index contributed by atoms with van der Waals surface area (Å²) in [6.45, 7) is 5.17. The monoisotopic (exact) mass is 520 g/mol. The highest BCUT2D eigenvalue weighted by Crippen LogP contribution is 2.40. The molecule has 0 saturated heterocycles. The van der Waals surface area contributed by atoms with Gasteiger partial charge in [-0.15, -0.1) is 0 Å². The van der Waals surface area contributed by atoms with Crippen molar-refractivity contribution in [3.8, 4) is 11.4 Å². The van der Waals surface area contributed by atoms with Crippen LogP contribution in [-0.2, 0) is 27.8 Å². The van der Waals surface area contributed by atoms with Gasteiger partial charge in [0.2, 0.25) is 0 Å². The van der Waals surface area contributed by atoms with E-state index in [0.717, 1.165) is 16.5 Å². The van der Waals surface area contributed by atoms with Gasteiger partial charge in [0, 0.05) is 5.39 Å². The second-order valence-electron chi connectivity index (χ2n) is 9.97. The number of carbonyl (C=O) groups excluding carboxylic acids is 1. The van der Waals surface area contributed by atoms with Crippen LogP contribution in [0, 0.1) is 0 Å². The molecular formula is C27H28N4O5S. The van der Waals surface area contributed by atoms with Gasteiger partial charge in [-0.05, 0) is 69.0 Å². The first-order valence-electron chi connectivity index (χ1n) is 12.0. The first-order chi connectivity index (χ1) is 17.6. The van der Waals surface area contributed by atoms with Crippen LogP contribution in [0.2, 0.25) is 0 Å². The van der Waals surface area contributed by atoms with Crippen LogP contribution in [0.15, 0.2) is 65.8 Å². The summed E-state index contributed by atoms with van der Waals surface area (Å²) in [5.41, 5.74) is 2.93. The predicted octanol–water partition coefficient (Wildman–Crippen LogP) is 4.34. The number of aromatic nitrogens is 3. The smallest absolute Gasteiger partial charge is 0.408 e. The van der Waals surface area contributed by atoms with Crippen molar-refractivity contribution < 1.29 is 23.1 Å². The minimum absolute atomic E-state index is 0.152. The molecule has 0 saturated carbocycles. The maximum Gasteiger partial charge on any atom is 0.408 e. The van der Waals surface area contributed by atoms with Crippen LogP contribution in [0.25, 0.3) is 22.3 Å². The number of ether oxygens (including phenoxy) is 1. The molecule has 1 amide bonds. The van der Waals surface area contributed by atoms with E-state index in [0.29, 0.717) is 35.4 Å². The Labute approximate surface area is 215 Å². The third-order valence-corrected chi connectivity index (χ3v) is 7.99. The molecule has 0 radical (unpaired) electrons. The molecule has 2 aromatic carbocycles. The Bertz CT molecular complexity index is 1570. The molecule has 37 heavy (non-hydrogen) atoms. The molecule has 0 fully saturated rings. The van der Waals surface area contributed by atoms with E-state index in [1.54, 1.807) is 36.4 Å². The number of amides is 1. The first kappa shape index (κ1) is 24.9. The molecular weight excluding hydrogens is 492 g/mol. The molecule has 1 aliphatic carbocycles. The van der Waals surface area contributed by atoms with Crippen LogP contribution in [0.5, 0.6) is 0 Å². The molecule has 192 valence electrons. The molecule has 1 aliphatic rings. The zero-order valence-corrected chi connectivity index (χ0v) is 21.6. The molecule has 2 heterocycles. The van der Waals surface area contributed by atoms with Gasteiger partial charge in [0.1, 0.15) is 11.3 Å². The number of aliphatic hydroxyl groups is 1. The van der Waals surface area contributed by atoms with Gasteiger partial charge >= 0.3 is 6.09 Å². The van der Waals surface area contributed by atoms with Crippen molar-refractivity contribution >= 4 is 27.0 Å². The summed E-state index contributed by atoms with van der Waals surface area (Å²) < 4.78 is 34.5. The molecule has 2 aromatic heterocycles. The molecule has 9 nitrogen and oxygen atoms in total. The van der Waals surface area contributed by atoms with Crippen molar-refractivity contribution in [2.75, 3.05) is 0 Å². The normalized spacial score (nSPS) is 15.5. The molecule has 0 aliphatic heterocycles. The van der Waals surface area contributed by atoms with Crippen molar-refractivity contribution in [2.24, 2.45) is 0 Å². The number of rotatable bonds is 5. The molecule has 10 heteroatoms. The lowest BCUT2D eigenvalue weighted by molar-refractivity contribution is 0.0503. The maximum atomic E-state index is 13.9. The fourth-order valence-corrected chi connectivity index (χ4v) is 6.22. The molecule has 2 N–H and O–H groups in total. The standard InChI is InChI=1S/C27H28N4O5S/c1-27(2,3)36-26(33)30-22-11-9-19-20(22)10-12-24-21(19)13-25(23-15-28-17(16-32)14-29-23)31(24)37(34,35)18-7-5-4-6-8-18/h4-8,10,12-15,22,32H,9,11,16H2,1-3H3,(H,30,33). The van der Waals surface area contributed by atoms with E-state index in [4.69, 9.17) is 4.74 Å². The van der Waals surface area contributed by atoms with Crippen molar-refractivity contribution in [1.29, 1.82) is 0 Å². The second kappa shape index (κ2) is 9.28. The van der Waals surface area contributed by atoms with Crippen LogP contribution in [-0.4, -0.2) is 39.2 Å². The van der Waals surface area contributed by atoms with E-state index in [9.17, 15) is 18.3 Å². The van der Waals surface area contributed by atoms with Crippen LogP contribution in [0.1, 0.15) is 50.1 Å². The van der Waals surface area contributed by atoms with E-state index < -0.39 is 21.7 Å². The van der Waals surface area contributed by atoms with Crippen LogP contribution < -0.4 is 5.32 Å². The lowest BCUT2D eigenvalue weighted by Gasteiger charge is -2.22. The van der Waals surface area contributed by atoms with Crippen LogP contribution >= 0.6 is 0 Å². The molecule has 0 spiro atoms. The molecule has 1 atom stereocenters. The summed E-state index contributed by atoms with van der Waals surface area (Å²) in [5, 5.41) is 13.1. The van der Waals surface area contributed by atoms with E-state index in [1.165, 1.54) is 16.4 Å². The summed E-state index contributed by atoms with van der Waals surface area (Å²) in [6, 6.07) is 13.4. The Morgan fingerprint density at radius 2 is 1.89 bits per heavy atom. The minimum Gasteiger partial charge on any atom is -0.444 e. The fraction of sp³-hybridized carbons (Fsp3) is 0.296. The largest absolute Gasteiger partial charge is 0.444 e. The molecule has 5 rings (SSSR count). The average molecular weight is 521 g/mol. The number of aliphatic hydroxyl groups excluding tert-OH is 1. The highest BCUT2D eigenvalue weighted by Gasteiger charge is 2.31. The summed E-state index contributed by atoms with van der Waals surface area (Å²) in [4.78, 5) is 21.2. The number of carbonyl (C=O) groups is 1. The van der Waals surface area contributed by atoms with E-state index in [1.807, 2.05) is 32.9 Å². The number of nitrogens with one attached hydrogen (secondary N) is 1. The average Bonchev–Trinajstić information content (AvgIpc) is 3.45. The first-order valence-corrected chi connectivity index (χ1v) is 13.4. The van der Waals surface area contributed by atoms with E-state index in [-0.39, 0.29) is 17.5 Å². The molecule has 4 aromatic rings. The number of alkyl carbamates (subject to hydrolysis) is 1. The highest BCUT2D eigenvalue weighted by molar-refractivity contribution is 7.90. The van der Waals surface area contributed by atoms with Gasteiger partial charge in [-0.2, -0.15) is 0 Å². The topological polar surface area (TPSA) is 123 Å². The van der Waals surface area contributed by atoms with Crippen molar-refractivity contribution in [2.45, 2.75) is 56.8 Å². The number of hydrogen-bond acceptors (Lipinski definition) is 7. The molecule has 0 bridgehead atoms. The lowest BCUT2D eigenvalue weighted by Crippen LogP contribution is -2.34. The number of nitrogens with zero attached hydrogens (tertiary/aromatic N) is 3. The van der Waals surface area contributed by atoms with Gasteiger partial charge in [0.25, 0.3) is 10.0 Å². The van der Waals surface area contributed by atoms with Gasteiger partial charge in [-0.25, -0.2) is 17.2 Å². The quantitative estimate of drug-likeness (QED) is 0.401. The van der Waals surface area contributed by atoms with Crippen molar-refractivity contribution in [3.05, 3.63) is 77.7 Å². The maximum absolute atomic E-state index is 13.9. The Morgan fingerprint density at radius 3 is 2.54 bits per heavy atom. The highest BCUT2D eigenvalue weighted by atomic mass is 32.2. The number of aryl methyl sites for hydroxylation is 1. The predicted molar refractivity (Wildman–Crippen MR) is 138 cm³/mol. The van der Waals surface area contributed by atoms with Crippen LogP contribution in [0.4, 0.5) is 4.79 Å². The SMILES string of the molecule is CC(C)(C)OC(=O)NC1CCc2c1ccc1c2cc(-c2cnc(CO)cn2)n1S(=O)(=O)c1ccccc1. The number of fused-ring (bicyclic) bond motifs is 3. The number of benzene rings is 2. The van der Waals surface area contributed by atoms with Gasteiger partial charge in [0.15, 0.2) is 0 Å². The minimum atomic E-state index is -3.98. The van der Waals surface area contributed by atoms with Gasteiger partial charge < -0.3 is 15.2 Å². The summed E-state index contributed by atoms with van der Waals surface area (Å²) in [6.07, 6.45) is 3.73. The van der Waals surface area contributed by atoms with E-state index >= 15 is 0 Å². The van der Waals surface area contributed by atoms with Gasteiger partial charge in [0.05, 0.1) is 46.8 Å². The third-order valence-electron chi connectivity index (χ3n) is 6.25. The fourth-order valence-electron chi connectivity index (χ4n) is 4.69. The summed E-state index contributed by atoms with van der Waals surface area (Å²) in [5.74, 6) is 0. The molecule has 1 unspecified atom stereocenters. The van der Waals surface area contributed by atoms with Gasteiger partial charge in [-0.3, -0.25) is 9.97 Å². The Kier molecular flexibility index (Phi) is 6.25. The number of hydrogen-bond donors (Lipinski definition) is 2. The van der Waals surface area contributed by atoms with Crippen LogP contribution in [0.3, 0.4) is 0 Å². The Morgan fingerprint density at radius 1 is 1.14 bits per heavy atom. The Hall–Kier alpha value is -3.76. The van der Waals surface area contributed by atoms with E-state index in [2.05, 4.69) is 15.3 Å².